The van der Waals surface area contributed by atoms with Gasteiger partial charge in [-0.1, -0.05) is 70.2 Å². The van der Waals surface area contributed by atoms with Gasteiger partial charge in [-0.05, 0) is 28.7 Å². The minimum absolute atomic E-state index is 0.00260. The van der Waals surface area contributed by atoms with Crippen molar-refractivity contribution < 1.29 is 9.53 Å². The van der Waals surface area contributed by atoms with Crippen LogP contribution in [0.1, 0.15) is 46.1 Å². The highest BCUT2D eigenvalue weighted by Gasteiger charge is 2.54. The van der Waals surface area contributed by atoms with Gasteiger partial charge >= 0.3 is 0 Å². The summed E-state index contributed by atoms with van der Waals surface area (Å²) in [4.78, 5) is 12.3. The first-order valence-electron chi connectivity index (χ1n) is 9.19. The zero-order valence-electron chi connectivity index (χ0n) is 15.4. The Kier molecular flexibility index (Phi) is 4.70. The third kappa shape index (κ3) is 2.97. The zero-order chi connectivity index (χ0) is 17.4. The summed E-state index contributed by atoms with van der Waals surface area (Å²) in [7, 11) is 0. The summed E-state index contributed by atoms with van der Waals surface area (Å²) in [6.07, 6.45) is 6.15. The van der Waals surface area contributed by atoms with Crippen LogP contribution in [0.3, 0.4) is 0 Å². The lowest BCUT2D eigenvalue weighted by atomic mass is 9.48. The highest BCUT2D eigenvalue weighted by atomic mass is 16.5. The molecule has 0 bridgehead atoms. The fourth-order valence-corrected chi connectivity index (χ4v) is 4.74. The molecule has 0 heterocycles. The van der Waals surface area contributed by atoms with Gasteiger partial charge in [0.15, 0.2) is 0 Å². The van der Waals surface area contributed by atoms with Gasteiger partial charge in [-0.3, -0.25) is 4.79 Å². The van der Waals surface area contributed by atoms with E-state index in [9.17, 15) is 4.79 Å². The molecule has 1 aromatic rings. The van der Waals surface area contributed by atoms with Crippen LogP contribution < -0.4 is 0 Å². The number of rotatable bonds is 4. The van der Waals surface area contributed by atoms with Crippen molar-refractivity contribution in [3.05, 3.63) is 48.0 Å². The molecule has 0 spiro atoms. The van der Waals surface area contributed by atoms with Crippen LogP contribution in [0.25, 0.3) is 0 Å². The predicted molar refractivity (Wildman–Crippen MR) is 97.5 cm³/mol. The van der Waals surface area contributed by atoms with E-state index >= 15 is 0 Å². The number of Topliss-reactive ketones (excluding diaryl/α,β-unsaturated/α-hetero) is 1. The second kappa shape index (κ2) is 6.48. The molecular formula is C22H30O2. The molecule has 5 atom stereocenters. The van der Waals surface area contributed by atoms with E-state index in [-0.39, 0.29) is 10.8 Å². The minimum atomic E-state index is 0.00260. The van der Waals surface area contributed by atoms with Gasteiger partial charge in [0.1, 0.15) is 5.78 Å². The number of hydrogen-bond donors (Lipinski definition) is 0. The molecule has 24 heavy (non-hydrogen) atoms. The Labute approximate surface area is 146 Å². The van der Waals surface area contributed by atoms with Crippen LogP contribution in [0.5, 0.6) is 0 Å². The predicted octanol–water partition coefficient (Wildman–Crippen LogP) is 5.04. The average Bonchev–Trinajstić information content (AvgIpc) is 2.56. The van der Waals surface area contributed by atoms with E-state index in [4.69, 9.17) is 4.74 Å². The maximum atomic E-state index is 12.3. The maximum absolute atomic E-state index is 12.3. The van der Waals surface area contributed by atoms with Crippen molar-refractivity contribution in [2.24, 2.45) is 28.6 Å². The van der Waals surface area contributed by atoms with Crippen LogP contribution in [0.15, 0.2) is 42.5 Å². The molecule has 2 aliphatic carbocycles. The van der Waals surface area contributed by atoms with Gasteiger partial charge in [0.2, 0.25) is 0 Å². The Morgan fingerprint density at radius 2 is 1.83 bits per heavy atom. The summed E-state index contributed by atoms with van der Waals surface area (Å²) in [5, 5.41) is 0. The summed E-state index contributed by atoms with van der Waals surface area (Å²) in [5.41, 5.74) is 1.31. The zero-order valence-corrected chi connectivity index (χ0v) is 15.4. The normalized spacial score (nSPS) is 38.8. The van der Waals surface area contributed by atoms with Crippen LogP contribution >= 0.6 is 0 Å². The van der Waals surface area contributed by atoms with E-state index in [1.54, 1.807) is 0 Å². The Morgan fingerprint density at radius 3 is 2.54 bits per heavy atom. The first kappa shape index (κ1) is 17.4. The van der Waals surface area contributed by atoms with Crippen molar-refractivity contribution in [2.75, 3.05) is 6.61 Å². The molecule has 2 aliphatic rings. The molecule has 1 aromatic carbocycles. The number of benzene rings is 1. The van der Waals surface area contributed by atoms with E-state index < -0.39 is 0 Å². The van der Waals surface area contributed by atoms with Crippen molar-refractivity contribution in [3.63, 3.8) is 0 Å². The number of ether oxygens (including phenoxy) is 1. The molecule has 1 fully saturated rings. The largest absolute Gasteiger partial charge is 0.376 e. The van der Waals surface area contributed by atoms with Crippen molar-refractivity contribution in [2.45, 2.75) is 47.1 Å². The van der Waals surface area contributed by atoms with E-state index in [0.29, 0.717) is 49.6 Å². The fourth-order valence-electron chi connectivity index (χ4n) is 4.74. The van der Waals surface area contributed by atoms with Crippen molar-refractivity contribution in [3.8, 4) is 0 Å². The van der Waals surface area contributed by atoms with Crippen LogP contribution in [0.2, 0.25) is 0 Å². The van der Waals surface area contributed by atoms with E-state index in [2.05, 4.69) is 52.0 Å². The number of carbonyl (C=O) groups is 1. The Bertz CT molecular complexity index is 620. The first-order valence-corrected chi connectivity index (χ1v) is 9.19. The molecule has 0 amide bonds. The molecule has 2 heteroatoms. The van der Waals surface area contributed by atoms with Gasteiger partial charge < -0.3 is 4.74 Å². The molecule has 2 nitrogen and oxygen atoms in total. The van der Waals surface area contributed by atoms with E-state index in [1.165, 1.54) is 5.56 Å². The second-order valence-electron chi connectivity index (χ2n) is 8.40. The first-order chi connectivity index (χ1) is 11.4. The summed E-state index contributed by atoms with van der Waals surface area (Å²) < 4.78 is 6.15. The van der Waals surface area contributed by atoms with Gasteiger partial charge in [0, 0.05) is 18.3 Å². The molecule has 0 radical (unpaired) electrons. The van der Waals surface area contributed by atoms with Gasteiger partial charge in [0.05, 0.1) is 13.2 Å². The molecule has 1 saturated carbocycles. The molecule has 0 saturated heterocycles. The second-order valence-corrected chi connectivity index (χ2v) is 8.40. The van der Waals surface area contributed by atoms with Crippen LogP contribution in [0, 0.1) is 28.6 Å². The topological polar surface area (TPSA) is 26.3 Å². The minimum Gasteiger partial charge on any atom is -0.376 e. The monoisotopic (exact) mass is 326 g/mol. The van der Waals surface area contributed by atoms with Crippen molar-refractivity contribution >= 4 is 5.78 Å². The Balaban J connectivity index is 1.78. The van der Waals surface area contributed by atoms with Crippen molar-refractivity contribution in [1.82, 2.24) is 0 Å². The summed E-state index contributed by atoms with van der Waals surface area (Å²) >= 11 is 0. The van der Waals surface area contributed by atoms with Gasteiger partial charge in [0.25, 0.3) is 0 Å². The lowest BCUT2D eigenvalue weighted by Gasteiger charge is -2.56. The van der Waals surface area contributed by atoms with E-state index in [1.807, 2.05) is 18.2 Å². The van der Waals surface area contributed by atoms with Gasteiger partial charge in [-0.25, -0.2) is 0 Å². The van der Waals surface area contributed by atoms with Crippen molar-refractivity contribution in [1.29, 1.82) is 0 Å². The smallest absolute Gasteiger partial charge is 0.133 e. The molecule has 0 aromatic heterocycles. The molecular weight excluding hydrogens is 296 g/mol. The standard InChI is InChI=1S/C22H30O2/c1-16-10-11-21(3)17(2)12-19(23)13-20(21)22(16,4)15-24-14-18-8-6-5-7-9-18/h5-11,16-17,20H,12-15H2,1-4H3/t16-,17+,20-,21+,22+/m1/s1. The maximum Gasteiger partial charge on any atom is 0.133 e. The number of carbonyl (C=O) groups excluding carboxylic acids is 1. The lowest BCUT2D eigenvalue weighted by molar-refractivity contribution is -0.137. The number of ketones is 1. The van der Waals surface area contributed by atoms with Gasteiger partial charge in [-0.15, -0.1) is 0 Å². The third-order valence-electron chi connectivity index (χ3n) is 6.88. The Morgan fingerprint density at radius 1 is 1.12 bits per heavy atom. The molecule has 0 aliphatic heterocycles. The van der Waals surface area contributed by atoms with E-state index in [0.717, 1.165) is 0 Å². The van der Waals surface area contributed by atoms with Crippen LogP contribution in [-0.2, 0) is 16.1 Å². The van der Waals surface area contributed by atoms with Crippen LogP contribution in [0.4, 0.5) is 0 Å². The quantitative estimate of drug-likeness (QED) is 0.725. The summed E-state index contributed by atoms with van der Waals surface area (Å²) in [5.74, 6) is 1.60. The number of hydrogen-bond acceptors (Lipinski definition) is 2. The lowest BCUT2D eigenvalue weighted by Crippen LogP contribution is -2.53. The third-order valence-corrected chi connectivity index (χ3v) is 6.88. The molecule has 3 rings (SSSR count). The molecule has 130 valence electrons. The summed E-state index contributed by atoms with van der Waals surface area (Å²) in [6, 6.07) is 10.3. The number of allylic oxidation sites excluding steroid dienone is 2. The Hall–Kier alpha value is -1.41. The van der Waals surface area contributed by atoms with Gasteiger partial charge in [-0.2, -0.15) is 0 Å². The fraction of sp³-hybridized carbons (Fsp3) is 0.591. The SMILES string of the molecule is C[C@@H]1C=C[C@]2(C)[C@@H](CC(=O)C[C@@H]2C)[C@@]1(C)COCc1ccccc1. The highest BCUT2D eigenvalue weighted by molar-refractivity contribution is 5.80. The highest BCUT2D eigenvalue weighted by Crippen LogP contribution is 2.58. The molecule has 0 N–H and O–H groups in total. The number of fused-ring (bicyclic) bond motifs is 1. The van der Waals surface area contributed by atoms with Crippen LogP contribution in [-0.4, -0.2) is 12.4 Å². The average molecular weight is 326 g/mol. The summed E-state index contributed by atoms with van der Waals surface area (Å²) in [6.45, 7) is 10.5. The molecule has 0 unspecified atom stereocenters.